The Morgan fingerprint density at radius 2 is 1.75 bits per heavy atom. The SMILES string of the molecule is O=C(Nc1ccc(F)c(F)c1F)c1cc(-c2cccs2)nn1-c1ccccc1. The molecule has 2 aromatic heterocycles. The molecule has 140 valence electrons. The minimum atomic E-state index is -1.64. The van der Waals surface area contributed by atoms with Crippen LogP contribution in [0.3, 0.4) is 0 Å². The van der Waals surface area contributed by atoms with Crippen molar-refractivity contribution in [3.63, 3.8) is 0 Å². The monoisotopic (exact) mass is 399 g/mol. The number of rotatable bonds is 4. The van der Waals surface area contributed by atoms with Crippen LogP contribution < -0.4 is 5.32 Å². The maximum Gasteiger partial charge on any atom is 0.274 e. The summed E-state index contributed by atoms with van der Waals surface area (Å²) < 4.78 is 41.9. The quantitative estimate of drug-likeness (QED) is 0.475. The van der Waals surface area contributed by atoms with Gasteiger partial charge in [0.05, 0.1) is 16.3 Å². The molecule has 0 aliphatic carbocycles. The molecule has 4 aromatic rings. The van der Waals surface area contributed by atoms with Crippen LogP contribution in [0.5, 0.6) is 0 Å². The molecule has 0 atom stereocenters. The van der Waals surface area contributed by atoms with E-state index in [2.05, 4.69) is 10.4 Å². The molecule has 0 unspecified atom stereocenters. The number of hydrogen-bond donors (Lipinski definition) is 1. The third kappa shape index (κ3) is 3.29. The number of anilines is 1. The Morgan fingerprint density at radius 1 is 0.964 bits per heavy atom. The molecule has 1 amide bonds. The topological polar surface area (TPSA) is 46.9 Å². The number of carbonyl (C=O) groups excluding carboxylic acids is 1. The predicted molar refractivity (Wildman–Crippen MR) is 101 cm³/mol. The van der Waals surface area contributed by atoms with E-state index in [1.165, 1.54) is 16.0 Å². The minimum absolute atomic E-state index is 0.124. The predicted octanol–water partition coefficient (Wildman–Crippen LogP) is 5.27. The molecule has 4 rings (SSSR count). The zero-order chi connectivity index (χ0) is 19.7. The maximum atomic E-state index is 13.9. The number of nitrogens with one attached hydrogen (secondary N) is 1. The molecule has 0 spiro atoms. The van der Waals surface area contributed by atoms with Crippen LogP contribution in [-0.4, -0.2) is 15.7 Å². The van der Waals surface area contributed by atoms with Gasteiger partial charge in [-0.2, -0.15) is 5.10 Å². The van der Waals surface area contributed by atoms with Gasteiger partial charge in [0, 0.05) is 0 Å². The fourth-order valence-corrected chi connectivity index (χ4v) is 3.34. The Morgan fingerprint density at radius 3 is 2.46 bits per heavy atom. The highest BCUT2D eigenvalue weighted by atomic mass is 32.1. The van der Waals surface area contributed by atoms with Crippen molar-refractivity contribution >= 4 is 22.9 Å². The van der Waals surface area contributed by atoms with Gasteiger partial charge in [0.1, 0.15) is 11.4 Å². The van der Waals surface area contributed by atoms with Gasteiger partial charge in [-0.1, -0.05) is 24.3 Å². The molecule has 0 radical (unpaired) electrons. The lowest BCUT2D eigenvalue weighted by atomic mass is 10.2. The van der Waals surface area contributed by atoms with Gasteiger partial charge in [0.25, 0.3) is 5.91 Å². The van der Waals surface area contributed by atoms with E-state index in [4.69, 9.17) is 0 Å². The highest BCUT2D eigenvalue weighted by molar-refractivity contribution is 7.13. The van der Waals surface area contributed by atoms with Crippen LogP contribution in [0.1, 0.15) is 10.5 Å². The molecule has 1 N–H and O–H groups in total. The fraction of sp³-hybridized carbons (Fsp3) is 0. The number of carbonyl (C=O) groups is 1. The standard InChI is InChI=1S/C20H12F3N3OS/c21-13-8-9-14(19(23)18(13)22)24-20(27)16-11-15(17-7-4-10-28-17)25-26(16)12-5-2-1-3-6-12/h1-11H,(H,24,27). The first-order chi connectivity index (χ1) is 13.5. The van der Waals surface area contributed by atoms with Crippen LogP contribution in [0, 0.1) is 17.5 Å². The van der Waals surface area contributed by atoms with Crippen molar-refractivity contribution in [3.05, 3.63) is 89.2 Å². The number of thiophene rings is 1. The van der Waals surface area contributed by atoms with E-state index in [9.17, 15) is 18.0 Å². The summed E-state index contributed by atoms with van der Waals surface area (Å²) in [6.45, 7) is 0. The largest absolute Gasteiger partial charge is 0.318 e. The lowest BCUT2D eigenvalue weighted by Gasteiger charge is -2.09. The smallest absolute Gasteiger partial charge is 0.274 e. The summed E-state index contributed by atoms with van der Waals surface area (Å²) >= 11 is 1.46. The Balaban J connectivity index is 1.76. The van der Waals surface area contributed by atoms with E-state index in [0.29, 0.717) is 11.4 Å². The molecule has 28 heavy (non-hydrogen) atoms. The average molecular weight is 399 g/mol. The average Bonchev–Trinajstić information content (AvgIpc) is 3.39. The highest BCUT2D eigenvalue weighted by Crippen LogP contribution is 2.27. The van der Waals surface area contributed by atoms with Gasteiger partial charge in [0.15, 0.2) is 17.5 Å². The summed E-state index contributed by atoms with van der Waals surface area (Å²) in [7, 11) is 0. The molecule has 0 fully saturated rings. The van der Waals surface area contributed by atoms with E-state index in [-0.39, 0.29) is 5.69 Å². The van der Waals surface area contributed by atoms with Crippen molar-refractivity contribution in [1.29, 1.82) is 0 Å². The van der Waals surface area contributed by atoms with E-state index in [1.807, 2.05) is 23.6 Å². The molecule has 2 heterocycles. The molecule has 2 aromatic carbocycles. The number of para-hydroxylation sites is 1. The first-order valence-electron chi connectivity index (χ1n) is 8.19. The Bertz CT molecular complexity index is 1140. The number of hydrogen-bond acceptors (Lipinski definition) is 3. The highest BCUT2D eigenvalue weighted by Gasteiger charge is 2.21. The zero-order valence-corrected chi connectivity index (χ0v) is 15.0. The van der Waals surface area contributed by atoms with Crippen LogP contribution in [-0.2, 0) is 0 Å². The molecular formula is C20H12F3N3OS. The van der Waals surface area contributed by atoms with E-state index < -0.39 is 29.0 Å². The maximum absolute atomic E-state index is 13.9. The summed E-state index contributed by atoms with van der Waals surface area (Å²) in [4.78, 5) is 13.6. The Hall–Kier alpha value is -3.39. The number of aromatic nitrogens is 2. The number of benzene rings is 2. The zero-order valence-electron chi connectivity index (χ0n) is 14.2. The van der Waals surface area contributed by atoms with E-state index in [0.717, 1.165) is 17.0 Å². The number of halogens is 3. The molecule has 0 saturated carbocycles. The first kappa shape index (κ1) is 18.0. The molecule has 0 saturated heterocycles. The van der Waals surface area contributed by atoms with Gasteiger partial charge < -0.3 is 5.32 Å². The summed E-state index contributed by atoms with van der Waals surface area (Å²) in [5.74, 6) is -5.14. The van der Waals surface area contributed by atoms with Crippen molar-refractivity contribution in [2.24, 2.45) is 0 Å². The molecule has 0 bridgehead atoms. The van der Waals surface area contributed by atoms with Gasteiger partial charge in [-0.15, -0.1) is 11.3 Å². The van der Waals surface area contributed by atoms with Crippen molar-refractivity contribution in [1.82, 2.24) is 9.78 Å². The summed E-state index contributed by atoms with van der Waals surface area (Å²) in [6.07, 6.45) is 0. The second-order valence-corrected chi connectivity index (χ2v) is 6.76. The van der Waals surface area contributed by atoms with E-state index >= 15 is 0 Å². The molecule has 0 aliphatic heterocycles. The summed E-state index contributed by atoms with van der Waals surface area (Å²) in [5.41, 5.74) is 0.858. The fourth-order valence-electron chi connectivity index (χ4n) is 2.66. The Kier molecular flexibility index (Phi) is 4.70. The lowest BCUT2D eigenvalue weighted by molar-refractivity contribution is 0.101. The van der Waals surface area contributed by atoms with Crippen LogP contribution in [0.25, 0.3) is 16.3 Å². The molecule has 8 heteroatoms. The van der Waals surface area contributed by atoms with Crippen molar-refractivity contribution in [2.45, 2.75) is 0 Å². The second-order valence-electron chi connectivity index (χ2n) is 5.82. The van der Waals surface area contributed by atoms with Crippen LogP contribution in [0.15, 0.2) is 66.0 Å². The first-order valence-corrected chi connectivity index (χ1v) is 9.07. The van der Waals surface area contributed by atoms with Gasteiger partial charge in [-0.25, -0.2) is 17.9 Å². The number of nitrogens with zero attached hydrogens (tertiary/aromatic N) is 2. The second kappa shape index (κ2) is 7.32. The summed E-state index contributed by atoms with van der Waals surface area (Å²) in [6, 6.07) is 15.9. The van der Waals surface area contributed by atoms with Gasteiger partial charge in [0.2, 0.25) is 0 Å². The van der Waals surface area contributed by atoms with Gasteiger partial charge in [-0.05, 0) is 41.8 Å². The minimum Gasteiger partial charge on any atom is -0.318 e. The third-order valence-electron chi connectivity index (χ3n) is 4.00. The number of amides is 1. The van der Waals surface area contributed by atoms with Crippen molar-refractivity contribution in [3.8, 4) is 16.3 Å². The van der Waals surface area contributed by atoms with Gasteiger partial charge >= 0.3 is 0 Å². The van der Waals surface area contributed by atoms with Crippen molar-refractivity contribution in [2.75, 3.05) is 5.32 Å². The molecule has 0 aliphatic rings. The lowest BCUT2D eigenvalue weighted by Crippen LogP contribution is -2.18. The van der Waals surface area contributed by atoms with E-state index in [1.54, 1.807) is 30.3 Å². The van der Waals surface area contributed by atoms with Crippen LogP contribution in [0.4, 0.5) is 18.9 Å². The Labute approximate surface area is 161 Å². The third-order valence-corrected chi connectivity index (χ3v) is 4.89. The molecule has 4 nitrogen and oxygen atoms in total. The normalized spacial score (nSPS) is 10.8. The van der Waals surface area contributed by atoms with Crippen molar-refractivity contribution < 1.29 is 18.0 Å². The molecular weight excluding hydrogens is 387 g/mol. The van der Waals surface area contributed by atoms with Crippen LogP contribution in [0.2, 0.25) is 0 Å². The van der Waals surface area contributed by atoms with Gasteiger partial charge in [-0.3, -0.25) is 4.79 Å². The summed E-state index contributed by atoms with van der Waals surface area (Å²) in [5, 5.41) is 8.65. The van der Waals surface area contributed by atoms with Crippen LogP contribution >= 0.6 is 11.3 Å².